The summed E-state index contributed by atoms with van der Waals surface area (Å²) in [4.78, 5) is 0.0906. The number of hydrogen-bond donors (Lipinski definition) is 2. The number of nitrogens with two attached hydrogens (primary N) is 1. The summed E-state index contributed by atoms with van der Waals surface area (Å²) in [5, 5.41) is 0. The van der Waals surface area contributed by atoms with E-state index in [-0.39, 0.29) is 29.9 Å². The second kappa shape index (κ2) is 7.54. The third-order valence-corrected chi connectivity index (χ3v) is 5.46. The highest BCUT2D eigenvalue weighted by Gasteiger charge is 2.28. The van der Waals surface area contributed by atoms with Crippen LogP contribution in [0.25, 0.3) is 0 Å². The molecule has 0 amide bonds. The van der Waals surface area contributed by atoms with Gasteiger partial charge in [0.25, 0.3) is 0 Å². The molecule has 1 aromatic rings. The smallest absolute Gasteiger partial charge is 0.240 e. The Hall–Kier alpha value is -0.690. The van der Waals surface area contributed by atoms with Crippen molar-refractivity contribution in [3.8, 4) is 0 Å². The summed E-state index contributed by atoms with van der Waals surface area (Å²) in [6.45, 7) is 1.83. The number of nitrogens with one attached hydrogen (secondary N) is 1. The van der Waals surface area contributed by atoms with Crippen LogP contribution in [-0.4, -0.2) is 21.0 Å². The highest BCUT2D eigenvalue weighted by atomic mass is 35.5. The lowest BCUT2D eigenvalue weighted by molar-refractivity contribution is 0.405. The quantitative estimate of drug-likeness (QED) is 0.867. The van der Waals surface area contributed by atoms with Gasteiger partial charge in [-0.3, -0.25) is 0 Å². The molecule has 7 heteroatoms. The van der Waals surface area contributed by atoms with Crippen LogP contribution in [0, 0.1) is 18.7 Å². The summed E-state index contributed by atoms with van der Waals surface area (Å²) in [5.74, 6) is -0.105. The molecule has 0 bridgehead atoms. The zero-order valence-corrected chi connectivity index (χ0v) is 13.6. The van der Waals surface area contributed by atoms with Crippen LogP contribution in [0.15, 0.2) is 23.1 Å². The molecule has 1 atom stereocenters. The van der Waals surface area contributed by atoms with Gasteiger partial charge < -0.3 is 5.73 Å². The fourth-order valence-corrected chi connectivity index (χ4v) is 4.15. The molecule has 0 radical (unpaired) electrons. The van der Waals surface area contributed by atoms with Gasteiger partial charge in [0, 0.05) is 12.6 Å². The minimum atomic E-state index is -3.64. The lowest BCUT2D eigenvalue weighted by Crippen LogP contribution is -2.44. The zero-order valence-electron chi connectivity index (χ0n) is 12.0. The summed E-state index contributed by atoms with van der Waals surface area (Å²) in [6, 6.07) is 3.57. The van der Waals surface area contributed by atoms with Crippen LogP contribution in [0.3, 0.4) is 0 Å². The number of halogens is 2. The van der Waals surface area contributed by atoms with Crippen LogP contribution >= 0.6 is 12.4 Å². The maximum atomic E-state index is 13.2. The Balaban J connectivity index is 0.00000220. The Labute approximate surface area is 131 Å². The second-order valence-electron chi connectivity index (χ2n) is 5.42. The fourth-order valence-electron chi connectivity index (χ4n) is 2.75. The predicted octanol–water partition coefficient (Wildman–Crippen LogP) is 2.35. The Bertz CT molecular complexity index is 574. The normalized spacial score (nSPS) is 17.5. The molecule has 1 unspecified atom stereocenters. The number of benzene rings is 1. The van der Waals surface area contributed by atoms with Crippen molar-refractivity contribution in [2.24, 2.45) is 11.7 Å². The van der Waals surface area contributed by atoms with E-state index < -0.39 is 15.8 Å². The third-order valence-electron chi connectivity index (χ3n) is 3.97. The number of hydrogen-bond acceptors (Lipinski definition) is 3. The summed E-state index contributed by atoms with van der Waals surface area (Å²) in [6.07, 6.45) is 4.26. The molecule has 1 aromatic carbocycles. The first-order valence-electron chi connectivity index (χ1n) is 6.92. The van der Waals surface area contributed by atoms with Crippen molar-refractivity contribution in [1.29, 1.82) is 0 Å². The Morgan fingerprint density at radius 3 is 2.52 bits per heavy atom. The Kier molecular flexibility index (Phi) is 6.59. The van der Waals surface area contributed by atoms with Gasteiger partial charge in [0.15, 0.2) is 0 Å². The van der Waals surface area contributed by atoms with Gasteiger partial charge in [0.1, 0.15) is 5.82 Å². The van der Waals surface area contributed by atoms with Gasteiger partial charge in [-0.25, -0.2) is 17.5 Å². The molecule has 1 aliphatic carbocycles. The molecule has 1 fully saturated rings. The molecule has 4 nitrogen and oxygen atoms in total. The van der Waals surface area contributed by atoms with Crippen molar-refractivity contribution in [1.82, 2.24) is 4.72 Å². The topological polar surface area (TPSA) is 72.2 Å². The van der Waals surface area contributed by atoms with Crippen LogP contribution in [-0.2, 0) is 10.0 Å². The summed E-state index contributed by atoms with van der Waals surface area (Å²) < 4.78 is 40.6. The lowest BCUT2D eigenvalue weighted by Gasteiger charge is -2.23. The van der Waals surface area contributed by atoms with Crippen molar-refractivity contribution in [2.75, 3.05) is 6.54 Å². The van der Waals surface area contributed by atoms with E-state index in [1.54, 1.807) is 6.92 Å². The van der Waals surface area contributed by atoms with Crippen LogP contribution < -0.4 is 10.5 Å². The molecule has 21 heavy (non-hydrogen) atoms. The van der Waals surface area contributed by atoms with E-state index in [2.05, 4.69) is 4.72 Å². The molecule has 3 N–H and O–H groups in total. The van der Waals surface area contributed by atoms with Gasteiger partial charge in [0.05, 0.1) is 4.90 Å². The maximum Gasteiger partial charge on any atom is 0.240 e. The van der Waals surface area contributed by atoms with Gasteiger partial charge >= 0.3 is 0 Å². The van der Waals surface area contributed by atoms with E-state index in [1.807, 2.05) is 0 Å². The highest BCUT2D eigenvalue weighted by Crippen LogP contribution is 2.28. The van der Waals surface area contributed by atoms with Gasteiger partial charge in [-0.15, -0.1) is 12.4 Å². The molecule has 0 saturated heterocycles. The highest BCUT2D eigenvalue weighted by molar-refractivity contribution is 7.89. The first kappa shape index (κ1) is 18.4. The summed E-state index contributed by atoms with van der Waals surface area (Å²) >= 11 is 0. The summed E-state index contributed by atoms with van der Waals surface area (Å²) in [7, 11) is -3.64. The van der Waals surface area contributed by atoms with E-state index in [9.17, 15) is 12.8 Å². The van der Waals surface area contributed by atoms with Gasteiger partial charge in [-0.2, -0.15) is 0 Å². The van der Waals surface area contributed by atoms with E-state index in [4.69, 9.17) is 5.73 Å². The third kappa shape index (κ3) is 4.39. The lowest BCUT2D eigenvalue weighted by atomic mass is 9.99. The standard InChI is InChI=1S/C14H21FN2O2S.ClH/c1-10-8-12(6-7-13(10)15)20(18,19)17-14(9-16)11-4-2-3-5-11;/h6-8,11,14,17H,2-5,9,16H2,1H3;1H. The molecule has 0 aromatic heterocycles. The van der Waals surface area contributed by atoms with Gasteiger partial charge in [-0.1, -0.05) is 12.8 Å². The average Bonchev–Trinajstić information content (AvgIpc) is 2.93. The van der Waals surface area contributed by atoms with Crippen molar-refractivity contribution < 1.29 is 12.8 Å². The van der Waals surface area contributed by atoms with E-state index in [1.165, 1.54) is 18.2 Å². The van der Waals surface area contributed by atoms with Gasteiger partial charge in [-0.05, 0) is 49.4 Å². The second-order valence-corrected chi connectivity index (χ2v) is 7.13. The molecule has 1 aliphatic rings. The zero-order chi connectivity index (χ0) is 14.8. The predicted molar refractivity (Wildman–Crippen MR) is 83.5 cm³/mol. The number of aryl methyl sites for hydroxylation is 1. The van der Waals surface area contributed by atoms with Crippen molar-refractivity contribution in [3.05, 3.63) is 29.6 Å². The Morgan fingerprint density at radius 2 is 2.00 bits per heavy atom. The molecule has 2 rings (SSSR count). The minimum absolute atomic E-state index is 0. The van der Waals surface area contributed by atoms with Crippen LogP contribution in [0.1, 0.15) is 31.2 Å². The van der Waals surface area contributed by atoms with Crippen molar-refractivity contribution in [3.63, 3.8) is 0 Å². The fraction of sp³-hybridized carbons (Fsp3) is 0.571. The maximum absolute atomic E-state index is 13.2. The molecular formula is C14H22ClFN2O2S. The van der Waals surface area contributed by atoms with Crippen molar-refractivity contribution in [2.45, 2.75) is 43.5 Å². The van der Waals surface area contributed by atoms with Crippen molar-refractivity contribution >= 4 is 22.4 Å². The first-order valence-corrected chi connectivity index (χ1v) is 8.41. The SMILES string of the molecule is Cc1cc(S(=O)(=O)NC(CN)C2CCCC2)ccc1F.Cl. The van der Waals surface area contributed by atoms with Crippen LogP contribution in [0.2, 0.25) is 0 Å². The molecular weight excluding hydrogens is 315 g/mol. The Morgan fingerprint density at radius 1 is 1.38 bits per heavy atom. The van der Waals surface area contributed by atoms with E-state index in [0.717, 1.165) is 25.7 Å². The monoisotopic (exact) mass is 336 g/mol. The first-order chi connectivity index (χ1) is 9.44. The van der Waals surface area contributed by atoms with Crippen LogP contribution in [0.4, 0.5) is 4.39 Å². The molecule has 120 valence electrons. The van der Waals surface area contributed by atoms with Gasteiger partial charge in [0.2, 0.25) is 10.0 Å². The number of sulfonamides is 1. The van der Waals surface area contributed by atoms with Crippen LogP contribution in [0.5, 0.6) is 0 Å². The number of rotatable bonds is 5. The molecule has 0 aliphatic heterocycles. The largest absolute Gasteiger partial charge is 0.329 e. The molecule has 0 heterocycles. The van der Waals surface area contributed by atoms with E-state index >= 15 is 0 Å². The summed E-state index contributed by atoms with van der Waals surface area (Å²) in [5.41, 5.74) is 6.02. The van der Waals surface area contributed by atoms with E-state index in [0.29, 0.717) is 11.5 Å². The molecule has 1 saturated carbocycles. The molecule has 0 spiro atoms. The minimum Gasteiger partial charge on any atom is -0.329 e. The average molecular weight is 337 g/mol.